The number of piperidine rings is 1. The van der Waals surface area contributed by atoms with Crippen LogP contribution in [-0.2, 0) is 9.59 Å². The van der Waals surface area contributed by atoms with Crippen LogP contribution in [0.3, 0.4) is 0 Å². The number of hydrogen-bond donors (Lipinski definition) is 2. The number of para-hydroxylation sites is 1. The summed E-state index contributed by atoms with van der Waals surface area (Å²) in [6.07, 6.45) is 0.664. The molecule has 1 saturated heterocycles. The van der Waals surface area contributed by atoms with Crippen molar-refractivity contribution in [2.75, 3.05) is 18.4 Å². The lowest BCUT2D eigenvalue weighted by Crippen LogP contribution is -2.50. The van der Waals surface area contributed by atoms with E-state index in [1.54, 1.807) is 0 Å². The van der Waals surface area contributed by atoms with Crippen LogP contribution >= 0.6 is 0 Å². The number of anilines is 1. The van der Waals surface area contributed by atoms with Crippen LogP contribution in [0.1, 0.15) is 20.3 Å². The molecule has 1 aliphatic heterocycles. The third kappa shape index (κ3) is 4.55. The van der Waals surface area contributed by atoms with E-state index >= 15 is 0 Å². The molecular formula is C22H26N2O3. The molecule has 0 radical (unpaired) electrons. The third-order valence-corrected chi connectivity index (χ3v) is 5.23. The van der Waals surface area contributed by atoms with Crippen LogP contribution in [0, 0.1) is 11.8 Å². The highest BCUT2D eigenvalue weighted by Crippen LogP contribution is 2.28. The molecule has 3 unspecified atom stereocenters. The number of nitrogens with zero attached hydrogens (tertiary/aromatic N) is 1. The predicted octanol–water partition coefficient (Wildman–Crippen LogP) is 3.72. The summed E-state index contributed by atoms with van der Waals surface area (Å²) in [7, 11) is 0. The molecule has 142 valence electrons. The lowest BCUT2D eigenvalue weighted by atomic mass is 9.89. The highest BCUT2D eigenvalue weighted by molar-refractivity contribution is 5.98. The van der Waals surface area contributed by atoms with Crippen molar-refractivity contribution in [1.29, 1.82) is 0 Å². The first-order valence-electron chi connectivity index (χ1n) is 9.38. The van der Waals surface area contributed by atoms with Crippen molar-refractivity contribution in [3.05, 3.63) is 54.6 Å². The number of nitrogens with one attached hydrogen (secondary N) is 1. The molecule has 3 atom stereocenters. The van der Waals surface area contributed by atoms with E-state index in [1.807, 2.05) is 73.3 Å². The first-order chi connectivity index (χ1) is 13.0. The molecule has 0 saturated carbocycles. The molecule has 1 aliphatic rings. The quantitative estimate of drug-likeness (QED) is 0.846. The number of benzene rings is 2. The zero-order chi connectivity index (χ0) is 19.4. The number of aliphatic carboxylic acids is 1. The molecule has 0 bridgehead atoms. The van der Waals surface area contributed by atoms with Gasteiger partial charge in [-0.25, -0.2) is 0 Å². The van der Waals surface area contributed by atoms with Gasteiger partial charge < -0.3 is 10.4 Å². The van der Waals surface area contributed by atoms with Gasteiger partial charge in [0, 0.05) is 24.3 Å². The molecule has 2 aromatic carbocycles. The lowest BCUT2D eigenvalue weighted by molar-refractivity contribution is -0.145. The van der Waals surface area contributed by atoms with Crippen LogP contribution in [0.2, 0.25) is 0 Å². The van der Waals surface area contributed by atoms with E-state index in [2.05, 4.69) is 5.32 Å². The smallest absolute Gasteiger partial charge is 0.307 e. The zero-order valence-corrected chi connectivity index (χ0v) is 15.8. The number of hydrogen-bond acceptors (Lipinski definition) is 3. The van der Waals surface area contributed by atoms with E-state index in [4.69, 9.17) is 0 Å². The summed E-state index contributed by atoms with van der Waals surface area (Å²) in [5.41, 5.74) is 2.77. The van der Waals surface area contributed by atoms with Crippen molar-refractivity contribution in [3.63, 3.8) is 0 Å². The van der Waals surface area contributed by atoms with E-state index in [-0.39, 0.29) is 11.8 Å². The summed E-state index contributed by atoms with van der Waals surface area (Å²) < 4.78 is 0. The van der Waals surface area contributed by atoms with Crippen molar-refractivity contribution in [1.82, 2.24) is 4.90 Å². The molecule has 0 spiro atoms. The molecule has 5 nitrogen and oxygen atoms in total. The Morgan fingerprint density at radius 3 is 2.44 bits per heavy atom. The summed E-state index contributed by atoms with van der Waals surface area (Å²) in [6, 6.07) is 17.3. The van der Waals surface area contributed by atoms with Crippen LogP contribution < -0.4 is 5.32 Å². The third-order valence-electron chi connectivity index (χ3n) is 5.23. The minimum atomic E-state index is -0.784. The molecule has 1 heterocycles. The average Bonchev–Trinajstić information content (AvgIpc) is 2.68. The van der Waals surface area contributed by atoms with E-state index in [9.17, 15) is 14.7 Å². The van der Waals surface area contributed by atoms with Crippen LogP contribution in [0.4, 0.5) is 5.69 Å². The number of carbonyl (C=O) groups is 2. The lowest BCUT2D eigenvalue weighted by Gasteiger charge is -2.37. The summed E-state index contributed by atoms with van der Waals surface area (Å²) in [4.78, 5) is 26.3. The van der Waals surface area contributed by atoms with Crippen molar-refractivity contribution in [3.8, 4) is 11.1 Å². The predicted molar refractivity (Wildman–Crippen MR) is 106 cm³/mol. The zero-order valence-electron chi connectivity index (χ0n) is 15.8. The van der Waals surface area contributed by atoms with Gasteiger partial charge in [0.15, 0.2) is 0 Å². The van der Waals surface area contributed by atoms with Crippen LogP contribution in [0.15, 0.2) is 54.6 Å². The highest BCUT2D eigenvalue weighted by atomic mass is 16.4. The Balaban J connectivity index is 1.75. The van der Waals surface area contributed by atoms with E-state index in [0.29, 0.717) is 13.0 Å². The topological polar surface area (TPSA) is 69.6 Å². The standard InChI is InChI=1S/C22H26N2O3/c1-15-12-18(22(26)27)14-24(13-15)16(2)21(25)23-20-11-7-6-10-19(20)17-8-4-3-5-9-17/h3-11,15-16,18H,12-14H2,1-2H3,(H,23,25)(H,26,27). The van der Waals surface area contributed by atoms with Crippen LogP contribution in [0.25, 0.3) is 11.1 Å². The largest absolute Gasteiger partial charge is 0.481 e. The van der Waals surface area contributed by atoms with Crippen LogP contribution in [0.5, 0.6) is 0 Å². The van der Waals surface area contributed by atoms with Gasteiger partial charge in [0.05, 0.1) is 12.0 Å². The number of rotatable bonds is 5. The highest BCUT2D eigenvalue weighted by Gasteiger charge is 2.33. The second kappa shape index (κ2) is 8.35. The van der Waals surface area contributed by atoms with Crippen LogP contribution in [-0.4, -0.2) is 41.0 Å². The van der Waals surface area contributed by atoms with E-state index in [0.717, 1.165) is 23.4 Å². The van der Waals surface area contributed by atoms with Gasteiger partial charge in [-0.2, -0.15) is 0 Å². The monoisotopic (exact) mass is 366 g/mol. The SMILES string of the molecule is CC1CC(C(=O)O)CN(C(C)C(=O)Nc2ccccc2-c2ccccc2)C1. The van der Waals surface area contributed by atoms with Gasteiger partial charge in [-0.05, 0) is 30.9 Å². The molecule has 2 N–H and O–H groups in total. The van der Waals surface area contributed by atoms with E-state index in [1.165, 1.54) is 0 Å². The fourth-order valence-corrected chi connectivity index (χ4v) is 3.75. The van der Waals surface area contributed by atoms with Crippen molar-refractivity contribution >= 4 is 17.6 Å². The Kier molecular flexibility index (Phi) is 5.91. The Hall–Kier alpha value is -2.66. The molecule has 0 aliphatic carbocycles. The van der Waals surface area contributed by atoms with Gasteiger partial charge in [0.1, 0.15) is 0 Å². The maximum Gasteiger partial charge on any atom is 0.307 e. The molecule has 5 heteroatoms. The second-order valence-electron chi connectivity index (χ2n) is 7.41. The van der Waals surface area contributed by atoms with Crippen molar-refractivity contribution < 1.29 is 14.7 Å². The minimum Gasteiger partial charge on any atom is -0.481 e. The fraction of sp³-hybridized carbons (Fsp3) is 0.364. The maximum absolute atomic E-state index is 12.9. The number of carbonyl (C=O) groups excluding carboxylic acids is 1. The van der Waals surface area contributed by atoms with Gasteiger partial charge >= 0.3 is 5.97 Å². The van der Waals surface area contributed by atoms with Gasteiger partial charge in [0.25, 0.3) is 0 Å². The average molecular weight is 366 g/mol. The van der Waals surface area contributed by atoms with Crippen molar-refractivity contribution in [2.45, 2.75) is 26.3 Å². The number of amides is 1. The maximum atomic E-state index is 12.9. The number of carboxylic acids is 1. The molecule has 1 amide bonds. The first-order valence-corrected chi connectivity index (χ1v) is 9.38. The van der Waals surface area contributed by atoms with Gasteiger partial charge in [0.2, 0.25) is 5.91 Å². The van der Waals surface area contributed by atoms with Gasteiger partial charge in [-0.1, -0.05) is 55.5 Å². The Labute approximate surface area is 160 Å². The summed E-state index contributed by atoms with van der Waals surface area (Å²) >= 11 is 0. The second-order valence-corrected chi connectivity index (χ2v) is 7.41. The van der Waals surface area contributed by atoms with Gasteiger partial charge in [-0.3, -0.25) is 14.5 Å². The molecule has 27 heavy (non-hydrogen) atoms. The Morgan fingerprint density at radius 2 is 1.74 bits per heavy atom. The molecule has 1 fully saturated rings. The van der Waals surface area contributed by atoms with E-state index < -0.39 is 17.9 Å². The number of likely N-dealkylation sites (tertiary alicyclic amines) is 1. The molecule has 2 aromatic rings. The Bertz CT molecular complexity index is 806. The summed E-state index contributed by atoms with van der Waals surface area (Å²) in [6.45, 7) is 5.03. The normalized spacial score (nSPS) is 21.4. The molecule has 0 aromatic heterocycles. The summed E-state index contributed by atoms with van der Waals surface area (Å²) in [5, 5.41) is 12.4. The first kappa shape index (κ1) is 19.1. The molecular weight excluding hydrogens is 340 g/mol. The van der Waals surface area contributed by atoms with Gasteiger partial charge in [-0.15, -0.1) is 0 Å². The van der Waals surface area contributed by atoms with Crippen molar-refractivity contribution in [2.24, 2.45) is 11.8 Å². The molecule has 3 rings (SSSR count). The Morgan fingerprint density at radius 1 is 1.07 bits per heavy atom. The minimum absolute atomic E-state index is 0.114. The fourth-order valence-electron chi connectivity index (χ4n) is 3.75. The summed E-state index contributed by atoms with van der Waals surface area (Å²) in [5.74, 6) is -1.06. The number of carboxylic acid groups (broad SMARTS) is 1.